The van der Waals surface area contributed by atoms with Crippen molar-refractivity contribution in [2.24, 2.45) is 0 Å². The van der Waals surface area contributed by atoms with Crippen LogP contribution in [0.5, 0.6) is 0 Å². The van der Waals surface area contributed by atoms with Gasteiger partial charge in [-0.2, -0.15) is 0 Å². The maximum Gasteiger partial charge on any atom is 0.345 e. The number of hydrogen-bond acceptors (Lipinski definition) is 3. The van der Waals surface area contributed by atoms with Crippen molar-refractivity contribution in [3.05, 3.63) is 43.4 Å². The summed E-state index contributed by atoms with van der Waals surface area (Å²) in [5.41, 5.74) is -1.34. The van der Waals surface area contributed by atoms with E-state index in [4.69, 9.17) is 9.79 Å². The molecule has 0 amide bonds. The molecule has 9 heteroatoms. The smallest absolute Gasteiger partial charge is 0.323 e. The normalized spacial score (nSPS) is 11.9. The van der Waals surface area contributed by atoms with Crippen LogP contribution >= 0.6 is 23.5 Å². The van der Waals surface area contributed by atoms with Crippen LogP contribution in [0.2, 0.25) is 0 Å². The fraction of sp³-hybridized carbons (Fsp3) is 0.111. The van der Waals surface area contributed by atoms with Gasteiger partial charge in [-0.3, -0.25) is 18.7 Å². The van der Waals surface area contributed by atoms with Crippen LogP contribution in [0.4, 0.5) is 0 Å². The summed E-state index contributed by atoms with van der Waals surface area (Å²) in [5, 5.41) is 0. The summed E-state index contributed by atoms with van der Waals surface area (Å²) in [6, 6.07) is 4.65. The number of rotatable bonds is 2. The van der Waals surface area contributed by atoms with Crippen LogP contribution in [-0.4, -0.2) is 19.3 Å². The summed E-state index contributed by atoms with van der Waals surface area (Å²) in [7, 11) is -4.45. The number of halogens is 1. The molecule has 0 unspecified atom stereocenters. The second-order valence-corrected chi connectivity index (χ2v) is 6.18. The molecule has 3 N–H and O–H groups in total. The van der Waals surface area contributed by atoms with Crippen molar-refractivity contribution >= 4 is 34.6 Å². The molecule has 0 fully saturated rings. The van der Waals surface area contributed by atoms with Gasteiger partial charge < -0.3 is 14.8 Å². The van der Waals surface area contributed by atoms with Gasteiger partial charge in [-0.05, 0) is 18.2 Å². The van der Waals surface area contributed by atoms with E-state index >= 15 is 0 Å². The van der Waals surface area contributed by atoms with Crippen LogP contribution in [0.15, 0.2) is 32.3 Å². The van der Waals surface area contributed by atoms with Gasteiger partial charge in [0.15, 0.2) is 0 Å². The van der Waals surface area contributed by atoms with E-state index in [2.05, 4.69) is 20.9 Å². The monoisotopic (exact) mass is 334 g/mol. The molecule has 2 rings (SSSR count). The summed E-state index contributed by atoms with van der Waals surface area (Å²) in [5.74, 6) is 0. The molecule has 1 aromatic heterocycles. The molecule has 2 aromatic rings. The SMILES string of the molecule is O=c1[nH]c2cc(Br)ccc2n(CP(=O)(O)O)c1=O. The minimum atomic E-state index is -4.45. The Morgan fingerprint density at radius 1 is 1.33 bits per heavy atom. The number of nitrogens with one attached hydrogen (secondary N) is 1. The van der Waals surface area contributed by atoms with Crippen LogP contribution in [0.25, 0.3) is 11.0 Å². The van der Waals surface area contributed by atoms with Crippen molar-refractivity contribution in [3.63, 3.8) is 0 Å². The number of aromatic nitrogens is 2. The molecule has 0 aliphatic heterocycles. The number of nitrogens with zero attached hydrogens (tertiary/aromatic N) is 1. The van der Waals surface area contributed by atoms with E-state index in [-0.39, 0.29) is 5.52 Å². The number of H-pyrrole nitrogens is 1. The van der Waals surface area contributed by atoms with Gasteiger partial charge in [0.1, 0.15) is 6.29 Å². The quantitative estimate of drug-likeness (QED) is 0.549. The van der Waals surface area contributed by atoms with Crippen LogP contribution in [0.1, 0.15) is 0 Å². The summed E-state index contributed by atoms with van der Waals surface area (Å²) >= 11 is 3.20. The molecule has 0 atom stereocenters. The first-order valence-corrected chi connectivity index (χ1v) is 7.34. The number of benzene rings is 1. The molecule has 0 radical (unpaired) electrons. The molecular formula is C9H8BrN2O5P. The van der Waals surface area contributed by atoms with Gasteiger partial charge in [-0.15, -0.1) is 0 Å². The molecule has 0 aliphatic carbocycles. The lowest BCUT2D eigenvalue weighted by molar-refractivity contribution is 0.362. The van der Waals surface area contributed by atoms with E-state index < -0.39 is 25.0 Å². The summed E-state index contributed by atoms with van der Waals surface area (Å²) in [4.78, 5) is 43.2. The third-order valence-electron chi connectivity index (χ3n) is 2.26. The largest absolute Gasteiger partial charge is 0.345 e. The lowest BCUT2D eigenvalue weighted by Crippen LogP contribution is -2.36. The molecule has 7 nitrogen and oxygen atoms in total. The zero-order valence-corrected chi connectivity index (χ0v) is 11.3. The highest BCUT2D eigenvalue weighted by Crippen LogP contribution is 2.36. The van der Waals surface area contributed by atoms with Crippen molar-refractivity contribution in [3.8, 4) is 0 Å². The summed E-state index contributed by atoms with van der Waals surface area (Å²) < 4.78 is 12.4. The van der Waals surface area contributed by atoms with Crippen LogP contribution in [0, 0.1) is 0 Å². The van der Waals surface area contributed by atoms with E-state index in [1.165, 1.54) is 6.07 Å². The molecule has 96 valence electrons. The third kappa shape index (κ3) is 2.62. The van der Waals surface area contributed by atoms with Crippen molar-refractivity contribution in [2.75, 3.05) is 0 Å². The average molecular weight is 335 g/mol. The molecule has 1 heterocycles. The predicted molar refractivity (Wildman–Crippen MR) is 68.6 cm³/mol. The topological polar surface area (TPSA) is 112 Å². The zero-order chi connectivity index (χ0) is 13.5. The maximum absolute atomic E-state index is 11.6. The van der Waals surface area contributed by atoms with Gasteiger partial charge in [-0.1, -0.05) is 15.9 Å². The Hall–Kier alpha value is -1.21. The highest BCUT2D eigenvalue weighted by atomic mass is 79.9. The zero-order valence-electron chi connectivity index (χ0n) is 8.83. The van der Waals surface area contributed by atoms with Gasteiger partial charge in [0.2, 0.25) is 0 Å². The van der Waals surface area contributed by atoms with Gasteiger partial charge in [0.25, 0.3) is 0 Å². The van der Waals surface area contributed by atoms with Gasteiger partial charge in [-0.25, -0.2) is 0 Å². The number of hydrogen-bond donors (Lipinski definition) is 3. The molecule has 0 saturated heterocycles. The molecule has 0 aliphatic rings. The molecular weight excluding hydrogens is 327 g/mol. The first-order chi connectivity index (χ1) is 8.28. The summed E-state index contributed by atoms with van der Waals surface area (Å²) in [6.45, 7) is 0. The predicted octanol–water partition coefficient (Wildman–Crippen LogP) is 0.587. The second-order valence-electron chi connectivity index (χ2n) is 3.65. The third-order valence-corrected chi connectivity index (χ3v) is 3.41. The van der Waals surface area contributed by atoms with Crippen molar-refractivity contribution in [2.45, 2.75) is 6.29 Å². The van der Waals surface area contributed by atoms with E-state index in [9.17, 15) is 14.2 Å². The highest BCUT2D eigenvalue weighted by molar-refractivity contribution is 9.10. The first-order valence-electron chi connectivity index (χ1n) is 4.75. The maximum atomic E-state index is 11.6. The Labute approximate surface area is 108 Å². The van der Waals surface area contributed by atoms with Gasteiger partial charge in [0.05, 0.1) is 11.0 Å². The van der Waals surface area contributed by atoms with E-state index in [0.717, 1.165) is 4.57 Å². The first kappa shape index (κ1) is 13.2. The second kappa shape index (κ2) is 4.47. The fourth-order valence-corrected chi connectivity index (χ4v) is 2.59. The number of fused-ring (bicyclic) bond motifs is 1. The Balaban J connectivity index is 2.85. The fourth-order valence-electron chi connectivity index (χ4n) is 1.58. The Morgan fingerprint density at radius 3 is 2.61 bits per heavy atom. The van der Waals surface area contributed by atoms with Crippen LogP contribution in [-0.2, 0) is 10.9 Å². The van der Waals surface area contributed by atoms with E-state index in [1.54, 1.807) is 12.1 Å². The minimum Gasteiger partial charge on any atom is -0.323 e. The highest BCUT2D eigenvalue weighted by Gasteiger charge is 2.18. The molecule has 18 heavy (non-hydrogen) atoms. The molecule has 1 aromatic carbocycles. The molecule has 0 bridgehead atoms. The lowest BCUT2D eigenvalue weighted by Gasteiger charge is -2.10. The Bertz CT molecular complexity index is 775. The Morgan fingerprint density at radius 2 is 2.00 bits per heavy atom. The Kier molecular flexibility index (Phi) is 3.29. The van der Waals surface area contributed by atoms with Crippen molar-refractivity contribution in [1.82, 2.24) is 9.55 Å². The van der Waals surface area contributed by atoms with Crippen molar-refractivity contribution in [1.29, 1.82) is 0 Å². The van der Waals surface area contributed by atoms with E-state index in [0.29, 0.717) is 9.99 Å². The van der Waals surface area contributed by atoms with Crippen LogP contribution < -0.4 is 11.1 Å². The van der Waals surface area contributed by atoms with Gasteiger partial charge >= 0.3 is 18.7 Å². The van der Waals surface area contributed by atoms with E-state index in [1.807, 2.05) is 0 Å². The minimum absolute atomic E-state index is 0.256. The standard InChI is InChI=1S/C9H8BrN2O5P/c10-5-1-2-7-6(3-5)11-8(13)9(14)12(7)4-18(15,16)17/h1-3H,4H2,(H,11,13)(H2,15,16,17). The molecule has 0 spiro atoms. The lowest BCUT2D eigenvalue weighted by atomic mass is 10.3. The average Bonchev–Trinajstić information content (AvgIpc) is 2.23. The molecule has 0 saturated carbocycles. The summed E-state index contributed by atoms with van der Waals surface area (Å²) in [6.07, 6.45) is -0.826. The number of aromatic amines is 1. The van der Waals surface area contributed by atoms with Gasteiger partial charge in [0, 0.05) is 4.47 Å². The van der Waals surface area contributed by atoms with Crippen LogP contribution in [0.3, 0.4) is 0 Å². The van der Waals surface area contributed by atoms with Crippen molar-refractivity contribution < 1.29 is 14.4 Å².